The van der Waals surface area contributed by atoms with E-state index in [0.29, 0.717) is 12.1 Å². The van der Waals surface area contributed by atoms with Crippen LogP contribution in [-0.2, 0) is 40.5 Å². The van der Waals surface area contributed by atoms with Crippen molar-refractivity contribution in [3.8, 4) is 5.75 Å². The molecular formula is C22H17N5O13S4. The fraction of sp³-hybridized carbons (Fsp3) is 0. The molecule has 0 fully saturated rings. The normalized spacial score (nSPS) is 13.3. The number of aromatic hydroxyl groups is 1. The van der Waals surface area contributed by atoms with Gasteiger partial charge in [0.1, 0.15) is 21.2 Å². The van der Waals surface area contributed by atoms with Crippen molar-refractivity contribution in [3.05, 3.63) is 60.7 Å². The molecule has 232 valence electrons. The van der Waals surface area contributed by atoms with Crippen LogP contribution in [0.15, 0.2) is 101 Å². The molecule has 0 unspecified atom stereocenters. The number of fused-ring (bicyclic) bond motifs is 1. The predicted molar refractivity (Wildman–Crippen MR) is 151 cm³/mol. The smallest absolute Gasteiger partial charge is 0.296 e. The molecule has 18 nitrogen and oxygen atoms in total. The Hall–Kier alpha value is -4.42. The average Bonchev–Trinajstić information content (AvgIpc) is 2.90. The summed E-state index contributed by atoms with van der Waals surface area (Å²) in [5.74, 6) is -1.10. The Labute approximate surface area is 248 Å². The number of rotatable bonds is 8. The van der Waals surface area contributed by atoms with Gasteiger partial charge in [-0.2, -0.15) is 43.9 Å². The van der Waals surface area contributed by atoms with Crippen molar-refractivity contribution in [2.75, 3.05) is 5.73 Å². The van der Waals surface area contributed by atoms with Crippen LogP contribution >= 0.6 is 0 Å². The van der Waals surface area contributed by atoms with Gasteiger partial charge in [0.2, 0.25) is 0 Å². The molecule has 0 amide bonds. The SMILES string of the molecule is Nc1c(N=Nc2cccc(S(=O)(=O)O)c2)c(S(=O)(=O)O)cc2cc(S(=O)(=O)O)c(N=Nc3cccc(S(=O)(=O)O)c3)c(O)c12. The first-order valence-electron chi connectivity index (χ1n) is 11.2. The third kappa shape index (κ3) is 6.87. The summed E-state index contributed by atoms with van der Waals surface area (Å²) in [4.78, 5) is -3.36. The van der Waals surface area contributed by atoms with Gasteiger partial charge in [-0.15, -0.1) is 10.2 Å². The van der Waals surface area contributed by atoms with Crippen LogP contribution in [0, 0.1) is 0 Å². The Balaban J connectivity index is 2.00. The van der Waals surface area contributed by atoms with E-state index in [1.165, 1.54) is 12.1 Å². The van der Waals surface area contributed by atoms with Gasteiger partial charge in [0.15, 0.2) is 5.75 Å². The summed E-state index contributed by atoms with van der Waals surface area (Å²) in [7, 11) is -19.8. The number of nitrogens with two attached hydrogens (primary N) is 1. The maximum Gasteiger partial charge on any atom is 0.296 e. The van der Waals surface area contributed by atoms with Crippen LogP contribution in [0.25, 0.3) is 10.8 Å². The van der Waals surface area contributed by atoms with Crippen LogP contribution < -0.4 is 5.73 Å². The van der Waals surface area contributed by atoms with E-state index in [4.69, 9.17) is 5.73 Å². The lowest BCUT2D eigenvalue weighted by molar-refractivity contribution is 0.472. The lowest BCUT2D eigenvalue weighted by atomic mass is 10.1. The molecule has 7 N–H and O–H groups in total. The van der Waals surface area contributed by atoms with E-state index in [0.717, 1.165) is 36.4 Å². The largest absolute Gasteiger partial charge is 0.505 e. The topological polar surface area (TPSA) is 313 Å². The van der Waals surface area contributed by atoms with Crippen LogP contribution in [0.1, 0.15) is 0 Å². The van der Waals surface area contributed by atoms with Crippen molar-refractivity contribution >= 4 is 79.7 Å². The van der Waals surface area contributed by atoms with Gasteiger partial charge in [-0.25, -0.2) is 0 Å². The number of anilines is 1. The third-order valence-corrected chi connectivity index (χ3v) is 9.07. The number of phenolic OH excluding ortho intramolecular Hbond substituents is 1. The molecule has 0 aliphatic heterocycles. The van der Waals surface area contributed by atoms with Gasteiger partial charge in [0.25, 0.3) is 40.5 Å². The van der Waals surface area contributed by atoms with Gasteiger partial charge in [0.05, 0.1) is 32.2 Å². The molecule has 0 spiro atoms. The average molecular weight is 688 g/mol. The number of azo groups is 2. The van der Waals surface area contributed by atoms with Crippen LogP contribution in [0.3, 0.4) is 0 Å². The second-order valence-electron chi connectivity index (χ2n) is 8.60. The molecule has 44 heavy (non-hydrogen) atoms. The summed E-state index contributed by atoms with van der Waals surface area (Å²) < 4.78 is 133. The minimum absolute atomic E-state index is 0.242. The fourth-order valence-corrected chi connectivity index (χ4v) is 6.10. The van der Waals surface area contributed by atoms with E-state index in [-0.39, 0.29) is 11.4 Å². The van der Waals surface area contributed by atoms with Crippen molar-refractivity contribution in [2.45, 2.75) is 19.6 Å². The maximum absolute atomic E-state index is 12.2. The van der Waals surface area contributed by atoms with Crippen LogP contribution in [0.4, 0.5) is 28.4 Å². The van der Waals surface area contributed by atoms with Gasteiger partial charge >= 0.3 is 0 Å². The summed E-state index contributed by atoms with van der Waals surface area (Å²) in [5, 5.41) is 24.6. The second-order valence-corrected chi connectivity index (χ2v) is 14.2. The van der Waals surface area contributed by atoms with E-state index in [2.05, 4.69) is 20.5 Å². The molecule has 0 aliphatic rings. The number of phenols is 1. The van der Waals surface area contributed by atoms with E-state index < -0.39 is 93.6 Å². The molecule has 0 heterocycles. The van der Waals surface area contributed by atoms with Crippen molar-refractivity contribution in [3.63, 3.8) is 0 Å². The quantitative estimate of drug-likeness (QED) is 0.0868. The number of benzene rings is 4. The van der Waals surface area contributed by atoms with Gasteiger partial charge in [-0.3, -0.25) is 18.2 Å². The number of nitrogen functional groups attached to an aromatic ring is 1. The van der Waals surface area contributed by atoms with Crippen LogP contribution in [0.5, 0.6) is 5.75 Å². The second kappa shape index (κ2) is 11.3. The van der Waals surface area contributed by atoms with Crippen molar-refractivity contribution in [1.82, 2.24) is 0 Å². The molecule has 0 saturated carbocycles. The summed E-state index contributed by atoms with van der Waals surface area (Å²) in [6.45, 7) is 0. The summed E-state index contributed by atoms with van der Waals surface area (Å²) >= 11 is 0. The summed E-state index contributed by atoms with van der Waals surface area (Å²) in [6.07, 6.45) is 0. The standard InChI is InChI=1S/C22H17N5O13S4/c23-19-18-11(7-16(43(35,36)37)20(19)26-24-12-3-1-5-14(9-12)41(29,30)31)8-17(44(38,39)40)21(22(18)28)27-25-13-4-2-6-15(10-13)42(32,33)34/h1-10,28H,23H2,(H,29,30,31)(H,32,33,34)(H,35,36,37)(H,38,39,40). The molecule has 0 aliphatic carbocycles. The van der Waals surface area contributed by atoms with E-state index in [1.807, 2.05) is 0 Å². The lowest BCUT2D eigenvalue weighted by Gasteiger charge is -2.14. The van der Waals surface area contributed by atoms with Gasteiger partial charge in [0, 0.05) is 0 Å². The monoisotopic (exact) mass is 687 g/mol. The Bertz CT molecular complexity index is 2190. The van der Waals surface area contributed by atoms with Crippen molar-refractivity contribution in [2.24, 2.45) is 20.5 Å². The molecule has 22 heteroatoms. The Morgan fingerprint density at radius 1 is 0.545 bits per heavy atom. The first-order valence-corrected chi connectivity index (χ1v) is 17.0. The van der Waals surface area contributed by atoms with Crippen molar-refractivity contribution < 1.29 is 57.0 Å². The highest BCUT2D eigenvalue weighted by molar-refractivity contribution is 7.86. The first-order chi connectivity index (χ1) is 20.2. The number of hydrogen-bond donors (Lipinski definition) is 6. The van der Waals surface area contributed by atoms with Gasteiger partial charge in [-0.05, 0) is 53.9 Å². The summed E-state index contributed by atoms with van der Waals surface area (Å²) in [5.41, 5.74) is 3.08. The minimum Gasteiger partial charge on any atom is -0.505 e. The fourth-order valence-electron chi connectivity index (χ4n) is 3.73. The predicted octanol–water partition coefficient (Wildman–Crippen LogP) is 3.95. The summed E-state index contributed by atoms with van der Waals surface area (Å²) in [6, 6.07) is 9.69. The van der Waals surface area contributed by atoms with Crippen molar-refractivity contribution in [1.29, 1.82) is 0 Å². The van der Waals surface area contributed by atoms with E-state index in [1.54, 1.807) is 0 Å². The molecule has 0 saturated heterocycles. The molecule has 0 aromatic heterocycles. The molecule has 4 aromatic carbocycles. The van der Waals surface area contributed by atoms with E-state index in [9.17, 15) is 57.0 Å². The molecule has 4 aromatic rings. The molecular weight excluding hydrogens is 671 g/mol. The number of hydrogen-bond acceptors (Lipinski definition) is 14. The maximum atomic E-state index is 12.2. The first kappa shape index (κ1) is 32.5. The zero-order valence-electron chi connectivity index (χ0n) is 21.3. The highest BCUT2D eigenvalue weighted by atomic mass is 32.2. The Morgan fingerprint density at radius 2 is 0.955 bits per heavy atom. The zero-order valence-corrected chi connectivity index (χ0v) is 24.5. The minimum atomic E-state index is -5.23. The molecule has 0 atom stereocenters. The van der Waals surface area contributed by atoms with Crippen LogP contribution in [-0.4, -0.2) is 57.0 Å². The molecule has 4 rings (SSSR count). The zero-order chi connectivity index (χ0) is 32.8. The Morgan fingerprint density at radius 3 is 1.36 bits per heavy atom. The highest BCUT2D eigenvalue weighted by Gasteiger charge is 2.28. The van der Waals surface area contributed by atoms with E-state index >= 15 is 0 Å². The molecule has 0 bridgehead atoms. The number of nitrogens with zero attached hydrogens (tertiary/aromatic N) is 4. The van der Waals surface area contributed by atoms with Gasteiger partial charge in [-0.1, -0.05) is 12.1 Å². The highest BCUT2D eigenvalue weighted by Crippen LogP contribution is 2.48. The van der Waals surface area contributed by atoms with Crippen LogP contribution in [0.2, 0.25) is 0 Å². The lowest BCUT2D eigenvalue weighted by Crippen LogP contribution is -2.03. The molecule has 0 radical (unpaired) electrons. The third-order valence-electron chi connectivity index (χ3n) is 5.63. The Kier molecular flexibility index (Phi) is 8.31. The van der Waals surface area contributed by atoms with Gasteiger partial charge < -0.3 is 10.8 Å².